The number of benzene rings is 1. The van der Waals surface area contributed by atoms with Crippen LogP contribution in [0.3, 0.4) is 0 Å². The first-order chi connectivity index (χ1) is 9.88. The Labute approximate surface area is 125 Å². The summed E-state index contributed by atoms with van der Waals surface area (Å²) in [5, 5.41) is 14.8. The molecule has 2 aromatic rings. The van der Waals surface area contributed by atoms with Crippen LogP contribution >= 0.6 is 0 Å². The van der Waals surface area contributed by atoms with Crippen LogP contribution in [0.1, 0.15) is 12.6 Å². The standard InChI is InChI=1S/C14H17N3O3S/c1-9-6-14(15-8-10(2)21(3)20)12-7-11(17(18)19)4-5-13(12)16-9/h4-7,10H,8H2,1-3H3,(H,15,16)/t10-,21-/m1/s1. The van der Waals surface area contributed by atoms with E-state index in [2.05, 4.69) is 10.3 Å². The Bertz CT molecular complexity index is 718. The van der Waals surface area contributed by atoms with Gasteiger partial charge in [0.2, 0.25) is 0 Å². The highest BCUT2D eigenvalue weighted by molar-refractivity contribution is 7.84. The zero-order valence-electron chi connectivity index (χ0n) is 12.1. The topological polar surface area (TPSA) is 85.1 Å². The zero-order chi connectivity index (χ0) is 15.6. The minimum Gasteiger partial charge on any atom is -0.383 e. The van der Waals surface area contributed by atoms with Gasteiger partial charge in [0.25, 0.3) is 5.69 Å². The van der Waals surface area contributed by atoms with Crippen molar-refractivity contribution in [2.45, 2.75) is 19.1 Å². The molecule has 0 aliphatic rings. The molecule has 7 heteroatoms. The molecule has 0 saturated heterocycles. The second kappa shape index (κ2) is 6.17. The summed E-state index contributed by atoms with van der Waals surface area (Å²) in [6.45, 7) is 4.29. The summed E-state index contributed by atoms with van der Waals surface area (Å²) < 4.78 is 11.4. The number of rotatable bonds is 5. The molecule has 0 aliphatic carbocycles. The highest BCUT2D eigenvalue weighted by atomic mass is 32.2. The third-order valence-electron chi connectivity index (χ3n) is 3.28. The van der Waals surface area contributed by atoms with Gasteiger partial charge in [0.1, 0.15) is 0 Å². The Morgan fingerprint density at radius 2 is 2.14 bits per heavy atom. The molecule has 2 atom stereocenters. The maximum absolute atomic E-state index is 11.4. The summed E-state index contributed by atoms with van der Waals surface area (Å²) in [6.07, 6.45) is 1.66. The van der Waals surface area contributed by atoms with Crippen molar-refractivity contribution in [3.63, 3.8) is 0 Å². The minimum absolute atomic E-state index is 0.00720. The SMILES string of the molecule is Cc1cc(NC[C@@H](C)[S@@](C)=O)c2cc([N+](=O)[O-])ccc2n1. The quantitative estimate of drug-likeness (QED) is 0.678. The monoisotopic (exact) mass is 307 g/mol. The van der Waals surface area contributed by atoms with E-state index in [9.17, 15) is 14.3 Å². The predicted molar refractivity (Wildman–Crippen MR) is 85.2 cm³/mol. The first-order valence-corrected chi connectivity index (χ1v) is 8.12. The Balaban J connectivity index is 2.42. The fraction of sp³-hybridized carbons (Fsp3) is 0.357. The fourth-order valence-corrected chi connectivity index (χ4v) is 2.30. The lowest BCUT2D eigenvalue weighted by Gasteiger charge is -2.13. The summed E-state index contributed by atoms with van der Waals surface area (Å²) in [5.41, 5.74) is 2.33. The van der Waals surface area contributed by atoms with Crippen LogP contribution in [0, 0.1) is 17.0 Å². The van der Waals surface area contributed by atoms with E-state index in [-0.39, 0.29) is 10.9 Å². The number of hydrogen-bond acceptors (Lipinski definition) is 5. The molecule has 1 aromatic heterocycles. The lowest BCUT2D eigenvalue weighted by Crippen LogP contribution is -2.20. The van der Waals surface area contributed by atoms with Crippen LogP contribution < -0.4 is 5.32 Å². The van der Waals surface area contributed by atoms with Gasteiger partial charge in [0.05, 0.1) is 10.4 Å². The average Bonchev–Trinajstić information content (AvgIpc) is 2.43. The van der Waals surface area contributed by atoms with Crippen molar-refractivity contribution >= 4 is 33.1 Å². The van der Waals surface area contributed by atoms with Crippen molar-refractivity contribution in [1.82, 2.24) is 4.98 Å². The molecule has 0 amide bonds. The maximum Gasteiger partial charge on any atom is 0.270 e. The molecule has 2 rings (SSSR count). The van der Waals surface area contributed by atoms with Crippen LogP contribution in [0.5, 0.6) is 0 Å². The van der Waals surface area contributed by atoms with Crippen molar-refractivity contribution in [2.24, 2.45) is 0 Å². The van der Waals surface area contributed by atoms with Gasteiger partial charge in [-0.1, -0.05) is 0 Å². The smallest absolute Gasteiger partial charge is 0.270 e. The van der Waals surface area contributed by atoms with Crippen LogP contribution in [0.25, 0.3) is 10.9 Å². The highest BCUT2D eigenvalue weighted by Crippen LogP contribution is 2.27. The molecule has 0 radical (unpaired) electrons. The summed E-state index contributed by atoms with van der Waals surface area (Å²) in [4.78, 5) is 14.9. The largest absolute Gasteiger partial charge is 0.383 e. The van der Waals surface area contributed by atoms with E-state index in [0.717, 1.165) is 11.4 Å². The average molecular weight is 307 g/mol. The molecular formula is C14H17N3O3S. The molecule has 112 valence electrons. The van der Waals surface area contributed by atoms with Crippen molar-refractivity contribution < 1.29 is 9.13 Å². The van der Waals surface area contributed by atoms with Crippen molar-refractivity contribution in [3.05, 3.63) is 40.1 Å². The van der Waals surface area contributed by atoms with Gasteiger partial charge in [-0.05, 0) is 26.0 Å². The third kappa shape index (κ3) is 3.55. The number of hydrogen-bond donors (Lipinski definition) is 1. The zero-order valence-corrected chi connectivity index (χ0v) is 12.9. The van der Waals surface area contributed by atoms with E-state index in [4.69, 9.17) is 0 Å². The summed E-state index contributed by atoms with van der Waals surface area (Å²) in [7, 11) is -0.921. The van der Waals surface area contributed by atoms with E-state index in [0.29, 0.717) is 17.4 Å². The molecule has 0 spiro atoms. The predicted octanol–water partition coefficient (Wildman–Crippen LogP) is 2.63. The lowest BCUT2D eigenvalue weighted by atomic mass is 10.1. The maximum atomic E-state index is 11.4. The molecule has 0 bridgehead atoms. The summed E-state index contributed by atoms with van der Waals surface area (Å²) in [5.74, 6) is 0. The molecule has 0 unspecified atom stereocenters. The van der Waals surface area contributed by atoms with Crippen LogP contribution in [-0.4, -0.2) is 32.2 Å². The first-order valence-electron chi connectivity index (χ1n) is 6.50. The van der Waals surface area contributed by atoms with E-state index >= 15 is 0 Å². The number of nitrogens with one attached hydrogen (secondary N) is 1. The van der Waals surface area contributed by atoms with Crippen LogP contribution in [0.4, 0.5) is 11.4 Å². The van der Waals surface area contributed by atoms with Gasteiger partial charge in [-0.25, -0.2) is 0 Å². The van der Waals surface area contributed by atoms with Gasteiger partial charge < -0.3 is 5.32 Å². The summed E-state index contributed by atoms with van der Waals surface area (Å²) >= 11 is 0. The Kier molecular flexibility index (Phi) is 4.52. The first kappa shape index (κ1) is 15.4. The number of non-ortho nitro benzene ring substituents is 1. The normalized spacial score (nSPS) is 13.9. The Hall–Kier alpha value is -2.02. The molecule has 0 aliphatic heterocycles. The van der Waals surface area contributed by atoms with E-state index in [1.807, 2.05) is 19.9 Å². The minimum atomic E-state index is -0.921. The lowest BCUT2D eigenvalue weighted by molar-refractivity contribution is -0.384. The number of fused-ring (bicyclic) bond motifs is 1. The van der Waals surface area contributed by atoms with Gasteiger partial charge in [-0.15, -0.1) is 0 Å². The molecule has 1 heterocycles. The van der Waals surface area contributed by atoms with E-state index in [1.165, 1.54) is 12.1 Å². The number of pyridine rings is 1. The molecule has 6 nitrogen and oxygen atoms in total. The third-order valence-corrected chi connectivity index (χ3v) is 4.58. The molecule has 21 heavy (non-hydrogen) atoms. The van der Waals surface area contributed by atoms with Crippen LogP contribution in [-0.2, 0) is 10.8 Å². The van der Waals surface area contributed by atoms with Crippen molar-refractivity contribution in [2.75, 3.05) is 18.1 Å². The van der Waals surface area contributed by atoms with Gasteiger partial charge in [0.15, 0.2) is 0 Å². The highest BCUT2D eigenvalue weighted by Gasteiger charge is 2.12. The Morgan fingerprint density at radius 1 is 1.43 bits per heavy atom. The van der Waals surface area contributed by atoms with Gasteiger partial charge >= 0.3 is 0 Å². The van der Waals surface area contributed by atoms with Crippen molar-refractivity contribution in [3.8, 4) is 0 Å². The van der Waals surface area contributed by atoms with Gasteiger partial charge in [0, 0.05) is 57.8 Å². The molecule has 0 fully saturated rings. The van der Waals surface area contributed by atoms with Crippen LogP contribution in [0.2, 0.25) is 0 Å². The van der Waals surface area contributed by atoms with Crippen LogP contribution in [0.15, 0.2) is 24.3 Å². The number of nitro benzene ring substituents is 1. The van der Waals surface area contributed by atoms with Crippen molar-refractivity contribution in [1.29, 1.82) is 0 Å². The molecule has 1 aromatic carbocycles. The second-order valence-electron chi connectivity index (χ2n) is 4.96. The number of aryl methyl sites for hydroxylation is 1. The second-order valence-corrected chi connectivity index (χ2v) is 6.76. The molecule has 1 N–H and O–H groups in total. The number of aromatic nitrogens is 1. The number of nitro groups is 1. The van der Waals surface area contributed by atoms with E-state index < -0.39 is 15.7 Å². The van der Waals surface area contributed by atoms with Gasteiger partial charge in [-0.2, -0.15) is 0 Å². The number of nitrogens with zero attached hydrogens (tertiary/aromatic N) is 2. The van der Waals surface area contributed by atoms with Gasteiger partial charge in [-0.3, -0.25) is 19.3 Å². The Morgan fingerprint density at radius 3 is 2.76 bits per heavy atom. The number of anilines is 1. The summed E-state index contributed by atoms with van der Waals surface area (Å²) in [6, 6.07) is 6.45. The van der Waals surface area contributed by atoms with E-state index in [1.54, 1.807) is 12.3 Å². The molecular weight excluding hydrogens is 290 g/mol. The molecule has 0 saturated carbocycles. The fourth-order valence-electron chi connectivity index (χ4n) is 1.98.